The molecule has 0 saturated heterocycles. The molecule has 1 heterocycles. The lowest BCUT2D eigenvalue weighted by atomic mass is 10.2. The third-order valence-electron chi connectivity index (χ3n) is 1.51. The number of carbonyl (C=O) groups excluding carboxylic acids is 1. The van der Waals surface area contributed by atoms with Gasteiger partial charge in [-0.2, -0.15) is 0 Å². The molecule has 76 valence electrons. The summed E-state index contributed by atoms with van der Waals surface area (Å²) in [5, 5.41) is 8.08. The van der Waals surface area contributed by atoms with Crippen LogP contribution < -0.4 is 5.73 Å². The van der Waals surface area contributed by atoms with Gasteiger partial charge >= 0.3 is 0 Å². The summed E-state index contributed by atoms with van der Waals surface area (Å²) >= 11 is 5.04. The molecule has 4 nitrogen and oxygen atoms in total. The van der Waals surface area contributed by atoms with Crippen LogP contribution in [0.2, 0.25) is 0 Å². The first kappa shape index (κ1) is 10.6. The summed E-state index contributed by atoms with van der Waals surface area (Å²) in [6, 6.07) is 0. The van der Waals surface area contributed by atoms with Gasteiger partial charge in [0.05, 0.1) is 11.9 Å². The third kappa shape index (κ3) is 1.74. The van der Waals surface area contributed by atoms with Crippen molar-refractivity contribution in [2.75, 3.05) is 5.73 Å². The molecule has 0 aliphatic rings. The molecule has 0 bridgehead atoms. The smallest absolute Gasteiger partial charge is 0.284 e. The van der Waals surface area contributed by atoms with E-state index in [0.717, 1.165) is 6.20 Å². The Hall–Kier alpha value is -1.43. The average Bonchev–Trinajstić information content (AvgIpc) is 2.02. The molecule has 7 heteroatoms. The van der Waals surface area contributed by atoms with Gasteiger partial charge in [-0.25, -0.2) is 13.8 Å². The molecule has 0 saturated carbocycles. The molecule has 1 rings (SSSR count). The first-order valence-corrected chi connectivity index (χ1v) is 3.78. The third-order valence-corrected chi connectivity index (χ3v) is 1.70. The van der Waals surface area contributed by atoms with Crippen LogP contribution in [-0.2, 0) is 0 Å². The van der Waals surface area contributed by atoms with Crippen LogP contribution in [0.15, 0.2) is 6.20 Å². The molecule has 0 atom stereocenters. The minimum absolute atomic E-state index is 0.244. The number of aromatic hydroxyl groups is 1. The van der Waals surface area contributed by atoms with E-state index in [1.54, 1.807) is 0 Å². The monoisotopic (exact) mass is 222 g/mol. The van der Waals surface area contributed by atoms with Crippen molar-refractivity contribution in [3.63, 3.8) is 0 Å². The molecule has 3 N–H and O–H groups in total. The van der Waals surface area contributed by atoms with Gasteiger partial charge < -0.3 is 10.8 Å². The predicted molar refractivity (Wildman–Crippen MR) is 45.5 cm³/mol. The first-order valence-electron chi connectivity index (χ1n) is 3.40. The molecule has 0 radical (unpaired) electrons. The fraction of sp³-hybridized carbons (Fsp3) is 0.143. The lowest BCUT2D eigenvalue weighted by Crippen LogP contribution is -2.03. The minimum Gasteiger partial charge on any atom is -0.505 e. The number of rotatable bonds is 2. The Morgan fingerprint density at radius 3 is 2.64 bits per heavy atom. The zero-order valence-electron chi connectivity index (χ0n) is 6.67. The zero-order valence-corrected chi connectivity index (χ0v) is 7.42. The highest BCUT2D eigenvalue weighted by atomic mass is 35.5. The Balaban J connectivity index is 3.41. The number of nitrogens with zero attached hydrogens (tertiary/aromatic N) is 1. The average molecular weight is 223 g/mol. The molecule has 0 fully saturated rings. The van der Waals surface area contributed by atoms with Crippen LogP contribution in [0.5, 0.6) is 5.75 Å². The number of carbonyl (C=O) groups is 1. The van der Waals surface area contributed by atoms with Crippen molar-refractivity contribution < 1.29 is 18.7 Å². The molecule has 0 unspecified atom stereocenters. The van der Waals surface area contributed by atoms with Crippen molar-refractivity contribution in [2.45, 2.75) is 6.43 Å². The highest BCUT2D eigenvalue weighted by Crippen LogP contribution is 2.32. The number of anilines is 1. The fourth-order valence-electron chi connectivity index (χ4n) is 0.896. The van der Waals surface area contributed by atoms with E-state index in [9.17, 15) is 18.7 Å². The number of nitrogens with two attached hydrogens (primary N) is 1. The molecule has 14 heavy (non-hydrogen) atoms. The van der Waals surface area contributed by atoms with Crippen LogP contribution in [0.1, 0.15) is 22.5 Å². The van der Waals surface area contributed by atoms with Crippen LogP contribution in [0.25, 0.3) is 0 Å². The van der Waals surface area contributed by atoms with Gasteiger partial charge in [0.25, 0.3) is 11.7 Å². The van der Waals surface area contributed by atoms with Crippen LogP contribution in [-0.4, -0.2) is 15.3 Å². The Labute approximate surface area is 82.3 Å². The lowest BCUT2D eigenvalue weighted by molar-refractivity contribution is 0.107. The normalized spacial score (nSPS) is 10.6. The largest absolute Gasteiger partial charge is 0.505 e. The number of nitrogen functional groups attached to an aromatic ring is 1. The van der Waals surface area contributed by atoms with E-state index in [2.05, 4.69) is 4.98 Å². The Bertz CT molecular complexity index is 384. The molecule has 1 aromatic rings. The Morgan fingerprint density at radius 1 is 1.64 bits per heavy atom. The number of halogens is 3. The van der Waals surface area contributed by atoms with E-state index >= 15 is 0 Å². The Morgan fingerprint density at radius 2 is 2.21 bits per heavy atom. The second-order valence-electron chi connectivity index (χ2n) is 2.40. The number of aromatic nitrogens is 1. The summed E-state index contributed by atoms with van der Waals surface area (Å²) in [7, 11) is 0. The maximum atomic E-state index is 12.2. The van der Waals surface area contributed by atoms with Crippen molar-refractivity contribution in [1.82, 2.24) is 4.98 Å². The SMILES string of the molecule is Nc1cnc(C(F)F)c(O)c1C(=O)Cl. The summed E-state index contributed by atoms with van der Waals surface area (Å²) in [5.74, 6) is -0.972. The molecule has 0 aliphatic heterocycles. The van der Waals surface area contributed by atoms with Crippen molar-refractivity contribution in [1.29, 1.82) is 0 Å². The topological polar surface area (TPSA) is 76.2 Å². The quantitative estimate of drug-likeness (QED) is 0.747. The number of hydrogen-bond acceptors (Lipinski definition) is 4. The molecular formula is C7H5ClF2N2O2. The maximum absolute atomic E-state index is 12.2. The van der Waals surface area contributed by atoms with Gasteiger partial charge in [0.15, 0.2) is 5.75 Å². The zero-order chi connectivity index (χ0) is 10.9. The van der Waals surface area contributed by atoms with Gasteiger partial charge in [0, 0.05) is 0 Å². The minimum atomic E-state index is -3.00. The predicted octanol–water partition coefficient (Wildman–Crippen LogP) is 1.69. The molecular weight excluding hydrogens is 218 g/mol. The standard InChI is InChI=1S/C7H5ClF2N2O2/c8-6(14)3-2(11)1-12-4(5(3)13)7(9)10/h1,7,13H,11H2. The van der Waals surface area contributed by atoms with Gasteiger partial charge in [-0.1, -0.05) is 0 Å². The highest BCUT2D eigenvalue weighted by molar-refractivity contribution is 6.68. The van der Waals surface area contributed by atoms with E-state index < -0.39 is 28.7 Å². The van der Waals surface area contributed by atoms with Crippen molar-refractivity contribution in [3.05, 3.63) is 17.5 Å². The van der Waals surface area contributed by atoms with E-state index in [4.69, 9.17) is 17.3 Å². The maximum Gasteiger partial charge on any atom is 0.284 e. The van der Waals surface area contributed by atoms with Gasteiger partial charge in [0.1, 0.15) is 11.3 Å². The highest BCUT2D eigenvalue weighted by Gasteiger charge is 2.22. The van der Waals surface area contributed by atoms with Crippen LogP contribution in [0.4, 0.5) is 14.5 Å². The van der Waals surface area contributed by atoms with Crippen molar-refractivity contribution in [3.8, 4) is 5.75 Å². The molecule has 0 spiro atoms. The molecule has 0 aliphatic carbocycles. The molecule has 0 amide bonds. The second kappa shape index (κ2) is 3.75. The summed E-state index contributed by atoms with van der Waals surface area (Å²) in [5.41, 5.74) is 3.52. The summed E-state index contributed by atoms with van der Waals surface area (Å²) in [6.07, 6.45) is -2.15. The fourth-order valence-corrected chi connectivity index (χ4v) is 1.09. The summed E-state index contributed by atoms with van der Waals surface area (Å²) < 4.78 is 24.4. The second-order valence-corrected chi connectivity index (χ2v) is 2.74. The van der Waals surface area contributed by atoms with Crippen LogP contribution in [0, 0.1) is 0 Å². The Kier molecular flexibility index (Phi) is 2.85. The molecule has 1 aromatic heterocycles. The van der Waals surface area contributed by atoms with E-state index in [-0.39, 0.29) is 5.69 Å². The summed E-state index contributed by atoms with van der Waals surface area (Å²) in [6.45, 7) is 0. The molecule has 0 aromatic carbocycles. The van der Waals surface area contributed by atoms with Gasteiger partial charge in [-0.05, 0) is 11.6 Å². The lowest BCUT2D eigenvalue weighted by Gasteiger charge is -2.07. The van der Waals surface area contributed by atoms with Crippen LogP contribution in [0.3, 0.4) is 0 Å². The van der Waals surface area contributed by atoms with E-state index in [1.165, 1.54) is 0 Å². The van der Waals surface area contributed by atoms with E-state index in [1.807, 2.05) is 0 Å². The summed E-state index contributed by atoms with van der Waals surface area (Å²) in [4.78, 5) is 13.9. The number of alkyl halides is 2. The van der Waals surface area contributed by atoms with Gasteiger partial charge in [-0.3, -0.25) is 4.79 Å². The van der Waals surface area contributed by atoms with Crippen LogP contribution >= 0.6 is 11.6 Å². The van der Waals surface area contributed by atoms with E-state index in [0.29, 0.717) is 0 Å². The first-order chi connectivity index (χ1) is 6.45. The number of hydrogen-bond donors (Lipinski definition) is 2. The van der Waals surface area contributed by atoms with Gasteiger partial charge in [0.2, 0.25) is 0 Å². The van der Waals surface area contributed by atoms with Gasteiger partial charge in [-0.15, -0.1) is 0 Å². The van der Waals surface area contributed by atoms with Crippen molar-refractivity contribution >= 4 is 22.5 Å². The number of pyridine rings is 1. The van der Waals surface area contributed by atoms with Crippen molar-refractivity contribution in [2.24, 2.45) is 0 Å².